The van der Waals surface area contributed by atoms with Gasteiger partial charge < -0.3 is 25.0 Å². The van der Waals surface area contributed by atoms with E-state index in [0.29, 0.717) is 18.8 Å². The van der Waals surface area contributed by atoms with Crippen molar-refractivity contribution in [1.82, 2.24) is 9.97 Å². The second-order valence-electron chi connectivity index (χ2n) is 9.15. The van der Waals surface area contributed by atoms with Crippen LogP contribution in [0.1, 0.15) is 5.56 Å². The minimum atomic E-state index is -5.08. The highest BCUT2D eigenvalue weighted by Gasteiger charge is 2.38. The molecule has 0 radical (unpaired) electrons. The Bertz CT molecular complexity index is 1640. The maximum Gasteiger partial charge on any atom is 0.490 e. The molecule has 1 aliphatic heterocycles. The Morgan fingerprint density at radius 2 is 1.49 bits per heavy atom. The molecular weight excluding hydrogens is 616 g/mol. The number of alkyl halides is 6. The van der Waals surface area contributed by atoms with Crippen molar-refractivity contribution in [3.05, 3.63) is 78.8 Å². The number of methoxy groups -OCH3 is 1. The van der Waals surface area contributed by atoms with Crippen LogP contribution in [-0.2, 0) is 20.8 Å². The lowest BCUT2D eigenvalue weighted by atomic mass is 9.95. The van der Waals surface area contributed by atoms with Gasteiger partial charge in [0.05, 0.1) is 13.0 Å². The summed E-state index contributed by atoms with van der Waals surface area (Å²) in [5, 5.41) is 19.2. The Balaban J connectivity index is 0.000000331. The molecule has 45 heavy (non-hydrogen) atoms. The maximum atomic E-state index is 12.9. The van der Waals surface area contributed by atoms with Crippen molar-refractivity contribution in [2.45, 2.75) is 18.8 Å². The summed E-state index contributed by atoms with van der Waals surface area (Å²) in [5.74, 6) is -3.83. The van der Waals surface area contributed by atoms with Gasteiger partial charge in [0.1, 0.15) is 23.9 Å². The Kier molecular flexibility index (Phi) is 10.9. The smallest absolute Gasteiger partial charge is 0.490 e. The van der Waals surface area contributed by atoms with Gasteiger partial charge in [0.15, 0.2) is 0 Å². The molecule has 3 N–H and O–H groups in total. The second kappa shape index (κ2) is 14.4. The zero-order valence-electron chi connectivity index (χ0n) is 23.0. The molecule has 1 aliphatic rings. The van der Waals surface area contributed by atoms with Crippen LogP contribution in [0.3, 0.4) is 0 Å². The zero-order chi connectivity index (χ0) is 33.4. The number of carboxylic acid groups (broad SMARTS) is 2. The molecule has 1 unspecified atom stereocenters. The Labute approximate surface area is 250 Å². The van der Waals surface area contributed by atoms with E-state index in [1.54, 1.807) is 25.7 Å². The van der Waals surface area contributed by atoms with E-state index < -0.39 is 24.3 Å². The van der Waals surface area contributed by atoms with Gasteiger partial charge in [-0.3, -0.25) is 9.78 Å². The third-order valence-electron chi connectivity index (χ3n) is 6.02. The number of ether oxygens (including phenoxy) is 2. The molecule has 1 amide bonds. The number of carbonyl (C=O) groups is 3. The number of halogens is 6. The number of rotatable bonds is 4. The van der Waals surface area contributed by atoms with E-state index in [4.69, 9.17) is 29.3 Å². The number of nitrogens with one attached hydrogen (secondary N) is 1. The molecule has 2 aromatic heterocycles. The van der Waals surface area contributed by atoms with Crippen LogP contribution in [0.25, 0.3) is 21.9 Å². The third kappa shape index (κ3) is 9.80. The standard InChI is InChI=1S/C25H21N3O3.2C2HF3O2/c1-30-22-4-5-23-20(12-22)11-21(15-31-23)25(29)28-24-13-19-10-17(2-3-18(19)14-27-24)16-6-8-26-9-7-16;2*3-2(4,5)1(6)7/h2-10,12-14,21H,11,15H2,1H3,(H,27,28,29);2*(H,6,7). The number of nitrogens with zero attached hydrogens (tertiary/aromatic N) is 2. The Hall–Kier alpha value is -5.41. The highest BCUT2D eigenvalue weighted by molar-refractivity contribution is 5.95. The zero-order valence-corrected chi connectivity index (χ0v) is 23.0. The van der Waals surface area contributed by atoms with Gasteiger partial charge in [-0.15, -0.1) is 0 Å². The molecule has 5 rings (SSSR count). The molecule has 10 nitrogen and oxygen atoms in total. The summed E-state index contributed by atoms with van der Waals surface area (Å²) in [6.07, 6.45) is -4.24. The number of carbonyl (C=O) groups excluding carboxylic acids is 1. The highest BCUT2D eigenvalue weighted by Crippen LogP contribution is 2.31. The molecule has 0 saturated heterocycles. The van der Waals surface area contributed by atoms with Crippen LogP contribution in [0.15, 0.2) is 73.2 Å². The van der Waals surface area contributed by atoms with E-state index in [2.05, 4.69) is 27.4 Å². The van der Waals surface area contributed by atoms with Gasteiger partial charge in [0.25, 0.3) is 0 Å². The van der Waals surface area contributed by atoms with Gasteiger partial charge in [0.2, 0.25) is 5.91 Å². The molecule has 2 aromatic carbocycles. The van der Waals surface area contributed by atoms with Crippen molar-refractivity contribution < 1.29 is 60.4 Å². The third-order valence-corrected chi connectivity index (χ3v) is 6.02. The van der Waals surface area contributed by atoms with Crippen molar-refractivity contribution >= 4 is 34.4 Å². The number of pyridine rings is 2. The summed E-state index contributed by atoms with van der Waals surface area (Å²) in [6, 6.07) is 17.7. The van der Waals surface area contributed by atoms with Crippen LogP contribution in [-0.4, -0.2) is 64.1 Å². The van der Waals surface area contributed by atoms with Crippen LogP contribution in [0.5, 0.6) is 11.5 Å². The molecule has 16 heteroatoms. The summed E-state index contributed by atoms with van der Waals surface area (Å²) >= 11 is 0. The number of carboxylic acids is 2. The average molecular weight is 640 g/mol. The Morgan fingerprint density at radius 3 is 2.07 bits per heavy atom. The second-order valence-corrected chi connectivity index (χ2v) is 9.15. The maximum absolute atomic E-state index is 12.9. The van der Waals surface area contributed by atoms with Crippen molar-refractivity contribution in [1.29, 1.82) is 0 Å². The van der Waals surface area contributed by atoms with Crippen molar-refractivity contribution in [3.63, 3.8) is 0 Å². The van der Waals surface area contributed by atoms with E-state index in [1.807, 2.05) is 42.5 Å². The van der Waals surface area contributed by atoms with Gasteiger partial charge in [-0.05, 0) is 71.0 Å². The van der Waals surface area contributed by atoms with Crippen LogP contribution in [0.2, 0.25) is 0 Å². The first-order chi connectivity index (χ1) is 21.1. The molecule has 0 spiro atoms. The van der Waals surface area contributed by atoms with E-state index in [0.717, 1.165) is 39.0 Å². The van der Waals surface area contributed by atoms with E-state index in [9.17, 15) is 31.1 Å². The predicted octanol–water partition coefficient (Wildman–Crippen LogP) is 5.76. The molecule has 1 atom stereocenters. The SMILES string of the molecule is COc1ccc2c(c1)CC(C(=O)Nc1cc3cc(-c4ccncc4)ccc3cn1)CO2.O=C(O)C(F)(F)F.O=C(O)C(F)(F)F. The fourth-order valence-electron chi connectivity index (χ4n) is 3.83. The molecule has 4 aromatic rings. The van der Waals surface area contributed by atoms with Crippen molar-refractivity contribution in [2.75, 3.05) is 19.0 Å². The number of hydrogen-bond donors (Lipinski definition) is 3. The average Bonchev–Trinajstić information content (AvgIpc) is 3.00. The van der Waals surface area contributed by atoms with E-state index >= 15 is 0 Å². The molecule has 0 bridgehead atoms. The van der Waals surface area contributed by atoms with Crippen molar-refractivity contribution in [2.24, 2.45) is 5.92 Å². The summed E-state index contributed by atoms with van der Waals surface area (Å²) in [5.41, 5.74) is 3.15. The first-order valence-corrected chi connectivity index (χ1v) is 12.6. The molecular formula is C29H23F6N3O7. The minimum absolute atomic E-state index is 0.106. The Morgan fingerprint density at radius 1 is 0.867 bits per heavy atom. The van der Waals surface area contributed by atoms with Gasteiger partial charge >= 0.3 is 24.3 Å². The summed E-state index contributed by atoms with van der Waals surface area (Å²) in [4.78, 5) is 39.2. The van der Waals surface area contributed by atoms with Crippen LogP contribution < -0.4 is 14.8 Å². The van der Waals surface area contributed by atoms with Crippen LogP contribution in [0, 0.1) is 5.92 Å². The predicted molar refractivity (Wildman–Crippen MR) is 147 cm³/mol. The molecule has 0 aliphatic carbocycles. The van der Waals surface area contributed by atoms with Gasteiger partial charge in [-0.2, -0.15) is 26.3 Å². The lowest BCUT2D eigenvalue weighted by Gasteiger charge is -2.24. The quantitative estimate of drug-likeness (QED) is 0.237. The van der Waals surface area contributed by atoms with E-state index in [-0.39, 0.29) is 11.8 Å². The van der Waals surface area contributed by atoms with Crippen LogP contribution in [0.4, 0.5) is 32.2 Å². The summed E-state index contributed by atoms with van der Waals surface area (Å²) in [7, 11) is 1.63. The number of aliphatic carboxylic acids is 2. The monoisotopic (exact) mass is 639 g/mol. The highest BCUT2D eigenvalue weighted by atomic mass is 19.4. The molecule has 238 valence electrons. The number of benzene rings is 2. The first kappa shape index (κ1) is 34.1. The number of amides is 1. The first-order valence-electron chi connectivity index (χ1n) is 12.6. The largest absolute Gasteiger partial charge is 0.497 e. The summed E-state index contributed by atoms with van der Waals surface area (Å²) < 4.78 is 74.5. The lowest BCUT2D eigenvalue weighted by Crippen LogP contribution is -2.32. The molecule has 3 heterocycles. The van der Waals surface area contributed by atoms with Gasteiger partial charge in [-0.25, -0.2) is 14.6 Å². The van der Waals surface area contributed by atoms with Crippen LogP contribution >= 0.6 is 0 Å². The number of hydrogen-bond acceptors (Lipinski definition) is 7. The fourth-order valence-corrected chi connectivity index (χ4v) is 3.83. The molecule has 0 saturated carbocycles. The fraction of sp³-hybridized carbons (Fsp3) is 0.207. The minimum Gasteiger partial charge on any atom is -0.497 e. The van der Waals surface area contributed by atoms with Gasteiger partial charge in [0, 0.05) is 24.0 Å². The van der Waals surface area contributed by atoms with Gasteiger partial charge in [-0.1, -0.05) is 12.1 Å². The lowest BCUT2D eigenvalue weighted by molar-refractivity contribution is -0.193. The number of aromatic nitrogens is 2. The van der Waals surface area contributed by atoms with E-state index in [1.165, 1.54) is 0 Å². The topological polar surface area (TPSA) is 148 Å². The summed E-state index contributed by atoms with van der Waals surface area (Å²) in [6.45, 7) is 0.338. The van der Waals surface area contributed by atoms with Crippen molar-refractivity contribution in [3.8, 4) is 22.6 Å². The number of anilines is 1. The number of fused-ring (bicyclic) bond motifs is 2. The normalized spacial score (nSPS) is 13.9. The molecule has 0 fully saturated rings.